The second kappa shape index (κ2) is 24.8. The molecule has 1 aliphatic rings. The Balaban J connectivity index is 0.000000220. The number of rotatable bonds is 14. The van der Waals surface area contributed by atoms with Gasteiger partial charge in [0, 0.05) is 70.1 Å². The van der Waals surface area contributed by atoms with Gasteiger partial charge in [-0.3, -0.25) is 9.36 Å². The molecule has 0 aliphatic carbocycles. The molecule has 4 aromatic heterocycles. The van der Waals surface area contributed by atoms with Crippen molar-refractivity contribution in [2.45, 2.75) is 130 Å². The van der Waals surface area contributed by atoms with Gasteiger partial charge in [-0.15, -0.1) is 0 Å². The molecule has 0 spiro atoms. The van der Waals surface area contributed by atoms with Crippen LogP contribution in [0.1, 0.15) is 91.5 Å². The number of halogens is 5. The fraction of sp³-hybridized carbons (Fsp3) is 0.458. The van der Waals surface area contributed by atoms with E-state index in [4.69, 9.17) is 30.4 Å². The van der Waals surface area contributed by atoms with Crippen LogP contribution in [0.4, 0.5) is 50.7 Å². The van der Waals surface area contributed by atoms with Crippen molar-refractivity contribution in [2.75, 3.05) is 10.6 Å². The predicted molar refractivity (Wildman–Crippen MR) is 271 cm³/mol. The molecule has 1 fully saturated rings. The van der Waals surface area contributed by atoms with E-state index in [2.05, 4.69) is 61.4 Å². The molecule has 398 valence electrons. The first-order chi connectivity index (χ1) is 34.5. The molecule has 74 heavy (non-hydrogen) atoms. The first-order valence-corrected chi connectivity index (χ1v) is 23.6. The third kappa shape index (κ3) is 18.5. The fourth-order valence-electron chi connectivity index (χ4n) is 6.58. The van der Waals surface area contributed by atoms with E-state index < -0.39 is 67.4 Å². The smallest absolute Gasteiger partial charge is 0.444 e. The maximum absolute atomic E-state index is 13.2. The van der Waals surface area contributed by atoms with Gasteiger partial charge in [0.15, 0.2) is 17.5 Å². The highest BCUT2D eigenvalue weighted by Gasteiger charge is 2.51. The Labute approximate surface area is 432 Å². The van der Waals surface area contributed by atoms with Gasteiger partial charge in [-0.2, -0.15) is 20.2 Å². The van der Waals surface area contributed by atoms with Crippen LogP contribution in [0, 0.1) is 0 Å². The Morgan fingerprint density at radius 2 is 1.12 bits per heavy atom. The molecule has 1 aliphatic heterocycles. The molecular formula is C48H62BClF4N14O6. The lowest BCUT2D eigenvalue weighted by Crippen LogP contribution is -2.41. The zero-order valence-electron chi connectivity index (χ0n) is 43.3. The molecule has 5 heterocycles. The minimum absolute atomic E-state index is 0.0565. The van der Waals surface area contributed by atoms with Crippen LogP contribution in [0.2, 0.25) is 5.28 Å². The third-order valence-electron chi connectivity index (χ3n) is 10.6. The third-order valence-corrected chi connectivity index (χ3v) is 10.8. The molecule has 26 heteroatoms. The lowest BCUT2D eigenvalue weighted by Gasteiger charge is -2.32. The molecule has 1 saturated heterocycles. The van der Waals surface area contributed by atoms with Gasteiger partial charge in [-0.1, -0.05) is 30.3 Å². The Morgan fingerprint density at radius 1 is 0.662 bits per heavy atom. The number of amides is 2. The molecule has 0 radical (unpaired) electrons. The highest BCUT2D eigenvalue weighted by molar-refractivity contribution is 6.62. The van der Waals surface area contributed by atoms with E-state index in [-0.39, 0.29) is 24.3 Å². The number of anilines is 4. The molecule has 0 saturated carbocycles. The van der Waals surface area contributed by atoms with E-state index >= 15 is 0 Å². The summed E-state index contributed by atoms with van der Waals surface area (Å²) in [6.07, 6.45) is -0.908. The number of carbonyl (C=O) groups excluding carboxylic acids is 2. The zero-order valence-corrected chi connectivity index (χ0v) is 44.1. The van der Waals surface area contributed by atoms with Crippen molar-refractivity contribution in [3.63, 3.8) is 0 Å². The summed E-state index contributed by atoms with van der Waals surface area (Å²) in [4.78, 5) is 47.8. The molecule has 2 aromatic carbocycles. The van der Waals surface area contributed by atoms with Crippen molar-refractivity contribution in [1.29, 1.82) is 0 Å². The van der Waals surface area contributed by atoms with Crippen LogP contribution in [-0.4, -0.2) is 104 Å². The van der Waals surface area contributed by atoms with E-state index in [0.29, 0.717) is 56.7 Å². The van der Waals surface area contributed by atoms with Crippen LogP contribution in [0.15, 0.2) is 73.6 Å². The predicted octanol–water partition coefficient (Wildman–Crippen LogP) is 8.67. The van der Waals surface area contributed by atoms with Gasteiger partial charge in [0.2, 0.25) is 30.0 Å². The number of nitrogens with zero attached hydrogens (tertiary/aromatic N) is 10. The van der Waals surface area contributed by atoms with Crippen molar-refractivity contribution in [2.24, 2.45) is 14.1 Å². The molecule has 7 rings (SSSR count). The average Bonchev–Trinajstić information content (AvgIpc) is 3.95. The van der Waals surface area contributed by atoms with E-state index in [1.54, 1.807) is 113 Å². The van der Waals surface area contributed by atoms with Gasteiger partial charge in [0.25, 0.3) is 0 Å². The molecule has 0 unspecified atom stereocenters. The van der Waals surface area contributed by atoms with E-state index in [1.165, 1.54) is 12.7 Å². The summed E-state index contributed by atoms with van der Waals surface area (Å²) in [6, 6.07) is 13.7. The van der Waals surface area contributed by atoms with Crippen LogP contribution in [0.5, 0.6) is 0 Å². The van der Waals surface area contributed by atoms with Gasteiger partial charge < -0.3 is 40.0 Å². The van der Waals surface area contributed by atoms with Crippen LogP contribution in [0.25, 0.3) is 11.4 Å². The summed E-state index contributed by atoms with van der Waals surface area (Å²) < 4.78 is 78.3. The first kappa shape index (κ1) is 57.9. The van der Waals surface area contributed by atoms with Crippen molar-refractivity contribution in [1.82, 2.24) is 60.1 Å². The van der Waals surface area contributed by atoms with Gasteiger partial charge in [0.05, 0.1) is 11.2 Å². The number of hydrogen-bond donors (Lipinski definition) is 4. The topological polar surface area (TPSA) is 232 Å². The number of benzene rings is 2. The van der Waals surface area contributed by atoms with Crippen molar-refractivity contribution in [3.8, 4) is 11.4 Å². The largest absolute Gasteiger partial charge is 0.494 e. The van der Waals surface area contributed by atoms with Gasteiger partial charge in [-0.05, 0) is 115 Å². The fourth-order valence-corrected chi connectivity index (χ4v) is 6.71. The molecule has 0 bridgehead atoms. The lowest BCUT2D eigenvalue weighted by atomic mass is 9.77. The zero-order chi connectivity index (χ0) is 54.6. The quantitative estimate of drug-likeness (QED) is 0.0590. The van der Waals surface area contributed by atoms with Gasteiger partial charge in [0.1, 0.15) is 23.9 Å². The van der Waals surface area contributed by atoms with Crippen LogP contribution < -0.4 is 26.7 Å². The van der Waals surface area contributed by atoms with Gasteiger partial charge in [-0.25, -0.2) is 47.1 Å². The highest BCUT2D eigenvalue weighted by Crippen LogP contribution is 2.36. The van der Waals surface area contributed by atoms with E-state index in [1.807, 2.05) is 40.9 Å². The number of ether oxygens (including phenoxy) is 2. The number of carbonyl (C=O) groups is 2. The summed E-state index contributed by atoms with van der Waals surface area (Å²) >= 11 is 5.59. The minimum Gasteiger partial charge on any atom is -0.444 e. The highest BCUT2D eigenvalue weighted by atomic mass is 35.5. The first-order valence-electron chi connectivity index (χ1n) is 23.2. The summed E-state index contributed by atoms with van der Waals surface area (Å²) in [5.74, 6) is 2.20. The van der Waals surface area contributed by atoms with Crippen LogP contribution >= 0.6 is 11.6 Å². The number of alkyl carbamates (subject to hydrolysis) is 2. The molecular weight excluding hydrogens is 991 g/mol. The summed E-state index contributed by atoms with van der Waals surface area (Å²) in [6.45, 7) is 18.4. The Morgan fingerprint density at radius 3 is 1.57 bits per heavy atom. The summed E-state index contributed by atoms with van der Waals surface area (Å²) in [5.41, 5.74) is 0.896. The monoisotopic (exact) mass is 1050 g/mol. The maximum atomic E-state index is 13.2. The van der Waals surface area contributed by atoms with E-state index in [0.717, 1.165) is 0 Å². The SMILES string of the molecule is CC(C)(C)OC(=O)NCc1ccc(B2OC(C)(C)C(C)(C)O2)cc1CC(F)F.Cn1ccc(Nc2ncnc(-c3ccc(CNC(=O)OC(C)(C)C)c(CC(F)F)c3)n2)n1.Cn1ccc(Nc2ncnc(Cl)n2)n1. The number of aryl methyl sites for hydroxylation is 2. The molecule has 0 atom stereocenters. The summed E-state index contributed by atoms with van der Waals surface area (Å²) in [5, 5.41) is 19.5. The van der Waals surface area contributed by atoms with Gasteiger partial charge >= 0.3 is 19.3 Å². The van der Waals surface area contributed by atoms with Crippen LogP contribution in [-0.2, 0) is 58.8 Å². The van der Waals surface area contributed by atoms with Crippen molar-refractivity contribution < 1.29 is 45.9 Å². The second-order valence-electron chi connectivity index (χ2n) is 19.7. The number of aromatic nitrogens is 10. The molecule has 6 aromatic rings. The standard InChI is InChI=1S/C21H25F2N7O2.C20H30BF2NO4.C7H7ClN6/c1-21(2,3)32-20(31)24-11-14-6-5-13(9-15(14)10-16(22)23)18-25-12-26-19(28-18)27-17-7-8-30(4)29-17;1-18(2,3)26-17(25)24-12-13-8-9-15(10-14(13)11-16(22)23)21-27-19(4,5)20(6,7)28-21;1-14-3-2-5(13-14)11-7-10-4-9-6(8)12-7/h5-9,12,16H,10-11H2,1-4H3,(H,24,31)(H,25,26,27,28,29);8-10,16H,11-12H2,1-7H3,(H,24,25);2-4H,1H3,(H,9,10,11,12,13). The Bertz CT molecular complexity index is 2810. The summed E-state index contributed by atoms with van der Waals surface area (Å²) in [7, 11) is 2.98. The molecule has 4 N–H and O–H groups in total. The number of alkyl halides is 4. The van der Waals surface area contributed by atoms with Crippen molar-refractivity contribution in [3.05, 3.63) is 101 Å². The average molecular weight is 1050 g/mol. The minimum atomic E-state index is -2.55. The van der Waals surface area contributed by atoms with Crippen molar-refractivity contribution >= 4 is 59.9 Å². The van der Waals surface area contributed by atoms with E-state index in [9.17, 15) is 27.2 Å². The Hall–Kier alpha value is -6.99. The number of nitrogens with one attached hydrogen (secondary N) is 4. The molecule has 2 amide bonds. The Kier molecular flexibility index (Phi) is 19.4. The molecule has 20 nitrogen and oxygen atoms in total. The number of hydrogen-bond acceptors (Lipinski definition) is 16. The lowest BCUT2D eigenvalue weighted by molar-refractivity contribution is 0.00578. The second-order valence-corrected chi connectivity index (χ2v) is 20.0. The van der Waals surface area contributed by atoms with Crippen LogP contribution in [0.3, 0.4) is 0 Å². The normalized spacial score (nSPS) is 13.9. The maximum Gasteiger partial charge on any atom is 0.494 e.